The minimum absolute atomic E-state index is 0.171. The second-order valence-corrected chi connectivity index (χ2v) is 8.02. The summed E-state index contributed by atoms with van der Waals surface area (Å²) in [7, 11) is 0. The fourth-order valence-corrected chi connectivity index (χ4v) is 3.60. The van der Waals surface area contributed by atoms with Gasteiger partial charge in [0.2, 0.25) is 0 Å². The lowest BCUT2D eigenvalue weighted by atomic mass is 10.1. The first kappa shape index (κ1) is 23.7. The summed E-state index contributed by atoms with van der Waals surface area (Å²) in [6, 6.07) is 14.3. The van der Waals surface area contributed by atoms with Crippen molar-refractivity contribution >= 4 is 34.1 Å². The van der Waals surface area contributed by atoms with E-state index in [-0.39, 0.29) is 23.2 Å². The van der Waals surface area contributed by atoms with Gasteiger partial charge in [-0.05, 0) is 36.4 Å². The maximum absolute atomic E-state index is 12.4. The van der Waals surface area contributed by atoms with Crippen LogP contribution in [0.2, 0.25) is 0 Å². The maximum atomic E-state index is 12.4. The summed E-state index contributed by atoms with van der Waals surface area (Å²) in [4.78, 5) is 15.0. The Morgan fingerprint density at radius 1 is 1.15 bits per heavy atom. The van der Waals surface area contributed by atoms with E-state index in [4.69, 9.17) is 31.3 Å². The Bertz CT molecular complexity index is 1210. The molecule has 0 bridgehead atoms. The molecule has 0 aliphatic carbocycles. The summed E-state index contributed by atoms with van der Waals surface area (Å²) < 4.78 is 16.9. The van der Waals surface area contributed by atoms with Crippen LogP contribution in [0.15, 0.2) is 52.9 Å². The molecule has 3 N–H and O–H groups in total. The highest BCUT2D eigenvalue weighted by Gasteiger charge is 2.13. The number of fused-ring (bicyclic) bond motifs is 1. The van der Waals surface area contributed by atoms with Crippen molar-refractivity contribution in [3.05, 3.63) is 65.4 Å². The molecule has 0 unspecified atom stereocenters. The number of carbonyl (C=O) groups excluding carboxylic acids is 1. The molecule has 1 amide bonds. The first-order valence-electron chi connectivity index (χ1n) is 10.9. The molecule has 1 saturated heterocycles. The number of amides is 1. The molecule has 1 aliphatic rings. The average Bonchev–Trinajstić information content (AvgIpc) is 3.31. The number of hydrogen-bond donors (Lipinski definition) is 3. The third-order valence-electron chi connectivity index (χ3n) is 5.31. The summed E-state index contributed by atoms with van der Waals surface area (Å²) >= 11 is 4.95. The number of benzene rings is 2. The van der Waals surface area contributed by atoms with Crippen molar-refractivity contribution < 1.29 is 23.9 Å². The average molecular weight is 480 g/mol. The molecule has 2 heterocycles. The molecule has 1 fully saturated rings. The monoisotopic (exact) mass is 479 g/mol. The third kappa shape index (κ3) is 6.34. The van der Waals surface area contributed by atoms with Crippen LogP contribution in [-0.4, -0.2) is 67.0 Å². The molecule has 34 heavy (non-hydrogen) atoms. The number of morpholine rings is 1. The Morgan fingerprint density at radius 2 is 1.94 bits per heavy atom. The van der Waals surface area contributed by atoms with Gasteiger partial charge in [0.05, 0.1) is 19.8 Å². The van der Waals surface area contributed by atoms with Crippen LogP contribution < -0.4 is 15.5 Å². The molecule has 8 nitrogen and oxygen atoms in total. The van der Waals surface area contributed by atoms with E-state index in [1.54, 1.807) is 36.4 Å². The molecule has 9 heteroatoms. The highest BCUT2D eigenvalue weighted by atomic mass is 32.1. The van der Waals surface area contributed by atoms with Crippen molar-refractivity contribution in [1.29, 1.82) is 0 Å². The minimum atomic E-state index is -0.338. The molecule has 0 spiro atoms. The van der Waals surface area contributed by atoms with Crippen LogP contribution in [-0.2, 0) is 4.74 Å². The molecule has 1 aliphatic heterocycles. The Kier molecular flexibility index (Phi) is 8.12. The smallest absolute Gasteiger partial charge is 0.287 e. The van der Waals surface area contributed by atoms with Gasteiger partial charge >= 0.3 is 0 Å². The number of hydroxylamine groups is 1. The van der Waals surface area contributed by atoms with Gasteiger partial charge in [-0.15, -0.1) is 0 Å². The molecule has 4 rings (SSSR count). The van der Waals surface area contributed by atoms with E-state index in [0.29, 0.717) is 17.8 Å². The van der Waals surface area contributed by atoms with Crippen molar-refractivity contribution in [2.75, 3.05) is 46.0 Å². The molecule has 2 aromatic carbocycles. The van der Waals surface area contributed by atoms with Crippen LogP contribution in [0.4, 0.5) is 0 Å². The first-order chi connectivity index (χ1) is 16.6. The molecular formula is C25H25N3O5S. The largest absolute Gasteiger partial charge is 0.492 e. The highest BCUT2D eigenvalue weighted by Crippen LogP contribution is 2.24. The Hall–Kier alpha value is -3.42. The summed E-state index contributed by atoms with van der Waals surface area (Å²) in [6.07, 6.45) is 0. The van der Waals surface area contributed by atoms with Crippen molar-refractivity contribution in [1.82, 2.24) is 15.7 Å². The van der Waals surface area contributed by atoms with Crippen LogP contribution in [0.25, 0.3) is 11.0 Å². The number of ether oxygens (including phenoxy) is 2. The predicted octanol–water partition coefficient (Wildman–Crippen LogP) is 2.58. The zero-order chi connectivity index (χ0) is 23.8. The Labute approximate surface area is 202 Å². The molecule has 3 aromatic rings. The number of furan rings is 1. The van der Waals surface area contributed by atoms with Crippen LogP contribution in [0, 0.1) is 11.8 Å². The lowest BCUT2D eigenvalue weighted by Crippen LogP contribution is -2.38. The van der Waals surface area contributed by atoms with Gasteiger partial charge in [-0.25, -0.2) is 0 Å². The van der Waals surface area contributed by atoms with Crippen LogP contribution in [0.5, 0.6) is 5.75 Å². The van der Waals surface area contributed by atoms with E-state index >= 15 is 0 Å². The molecule has 0 radical (unpaired) electrons. The summed E-state index contributed by atoms with van der Waals surface area (Å²) in [5.74, 6) is 6.49. The number of carbonyl (C=O) groups is 1. The highest BCUT2D eigenvalue weighted by molar-refractivity contribution is 7.80. The number of thiocarbonyl (C=S) groups is 1. The van der Waals surface area contributed by atoms with Gasteiger partial charge < -0.3 is 19.2 Å². The summed E-state index contributed by atoms with van der Waals surface area (Å²) in [5.41, 5.74) is 4.01. The van der Waals surface area contributed by atoms with E-state index in [0.717, 1.165) is 49.5 Å². The standard InChI is InChI=1S/C25H25N3O5S/c29-24(26-9-1-2-18-3-5-19(6-4-18)25(34)27-30)23-17-20-16-21(7-8-22(20)33-23)32-15-12-28-10-13-31-14-11-28/h3-8,16-17,30H,9-15H2,(H,26,29)(H,27,34). The second-order valence-electron chi connectivity index (χ2n) is 7.62. The van der Waals surface area contributed by atoms with Gasteiger partial charge in [0.25, 0.3) is 5.91 Å². The zero-order valence-corrected chi connectivity index (χ0v) is 19.3. The van der Waals surface area contributed by atoms with Crippen molar-refractivity contribution in [3.63, 3.8) is 0 Å². The van der Waals surface area contributed by atoms with Crippen LogP contribution in [0.3, 0.4) is 0 Å². The fraction of sp³-hybridized carbons (Fsp3) is 0.280. The third-order valence-corrected chi connectivity index (χ3v) is 5.64. The van der Waals surface area contributed by atoms with Gasteiger partial charge in [0.15, 0.2) is 5.76 Å². The van der Waals surface area contributed by atoms with E-state index in [1.807, 2.05) is 17.6 Å². The van der Waals surface area contributed by atoms with E-state index < -0.39 is 0 Å². The quantitative estimate of drug-likeness (QED) is 0.270. The lowest BCUT2D eigenvalue weighted by molar-refractivity contribution is 0.0322. The van der Waals surface area contributed by atoms with Crippen LogP contribution in [0.1, 0.15) is 21.7 Å². The van der Waals surface area contributed by atoms with Crippen molar-refractivity contribution in [2.24, 2.45) is 0 Å². The topological polar surface area (TPSA) is 96.2 Å². The lowest BCUT2D eigenvalue weighted by Gasteiger charge is -2.26. The number of nitrogens with one attached hydrogen (secondary N) is 2. The number of hydrogen-bond acceptors (Lipinski definition) is 7. The first-order valence-corrected chi connectivity index (χ1v) is 11.3. The van der Waals surface area contributed by atoms with Gasteiger partial charge in [-0.2, -0.15) is 0 Å². The fourth-order valence-electron chi connectivity index (χ4n) is 3.47. The Balaban J connectivity index is 1.28. The van der Waals surface area contributed by atoms with Gasteiger partial charge in [-0.3, -0.25) is 20.4 Å². The number of nitrogens with zero attached hydrogens (tertiary/aromatic N) is 1. The molecule has 176 valence electrons. The predicted molar refractivity (Wildman–Crippen MR) is 131 cm³/mol. The van der Waals surface area contributed by atoms with Crippen molar-refractivity contribution in [2.45, 2.75) is 0 Å². The molecule has 1 aromatic heterocycles. The summed E-state index contributed by atoms with van der Waals surface area (Å²) in [5, 5.41) is 12.4. The minimum Gasteiger partial charge on any atom is -0.492 e. The second kappa shape index (κ2) is 11.6. The van der Waals surface area contributed by atoms with Crippen LogP contribution >= 0.6 is 12.2 Å². The van der Waals surface area contributed by atoms with Crippen molar-refractivity contribution in [3.8, 4) is 17.6 Å². The zero-order valence-electron chi connectivity index (χ0n) is 18.5. The van der Waals surface area contributed by atoms with E-state index in [2.05, 4.69) is 22.1 Å². The van der Waals surface area contributed by atoms with Gasteiger partial charge in [-0.1, -0.05) is 36.2 Å². The molecule has 0 saturated carbocycles. The van der Waals surface area contributed by atoms with Gasteiger partial charge in [0, 0.05) is 36.1 Å². The van der Waals surface area contributed by atoms with E-state index in [9.17, 15) is 4.79 Å². The molecular weight excluding hydrogens is 454 g/mol. The summed E-state index contributed by atoms with van der Waals surface area (Å²) in [6.45, 7) is 4.99. The molecule has 0 atom stereocenters. The van der Waals surface area contributed by atoms with E-state index in [1.165, 1.54) is 0 Å². The SMILES string of the molecule is O=C(NCC#Cc1ccc(C(=S)NO)cc1)c1cc2cc(OCCN3CCOCC3)ccc2o1. The van der Waals surface area contributed by atoms with Gasteiger partial charge in [0.1, 0.15) is 22.9 Å². The Morgan fingerprint density at radius 3 is 2.71 bits per heavy atom. The number of rotatable bonds is 7. The normalized spacial score (nSPS) is 13.7. The maximum Gasteiger partial charge on any atom is 0.287 e.